The third kappa shape index (κ3) is 3.80. The van der Waals surface area contributed by atoms with Gasteiger partial charge in [0.1, 0.15) is 0 Å². The van der Waals surface area contributed by atoms with Crippen LogP contribution in [-0.4, -0.2) is 54.7 Å². The van der Waals surface area contributed by atoms with Gasteiger partial charge in [0.15, 0.2) is 0 Å². The largest absolute Gasteiger partial charge is 0.481 e. The number of rotatable bonds is 6. The second-order valence-corrected chi connectivity index (χ2v) is 7.49. The first-order valence-electron chi connectivity index (χ1n) is 9.36. The molecule has 0 aromatic carbocycles. The topological polar surface area (TPSA) is 63.7 Å². The van der Waals surface area contributed by atoms with Crippen molar-refractivity contribution in [3.8, 4) is 5.88 Å². The van der Waals surface area contributed by atoms with Crippen molar-refractivity contribution in [2.24, 2.45) is 11.8 Å². The summed E-state index contributed by atoms with van der Waals surface area (Å²) in [6, 6.07) is 4.37. The van der Waals surface area contributed by atoms with Crippen molar-refractivity contribution >= 4 is 5.91 Å². The van der Waals surface area contributed by atoms with E-state index in [1.807, 2.05) is 12.1 Å². The van der Waals surface area contributed by atoms with E-state index in [-0.39, 0.29) is 17.9 Å². The fraction of sp³-hybridized carbons (Fsp3) is 0.684. The van der Waals surface area contributed by atoms with Gasteiger partial charge in [-0.15, -0.1) is 0 Å². The lowest BCUT2D eigenvalue weighted by atomic mass is 9.89. The molecule has 3 heterocycles. The summed E-state index contributed by atoms with van der Waals surface area (Å²) >= 11 is 0. The van der Waals surface area contributed by atoms with Gasteiger partial charge in [0.05, 0.1) is 19.1 Å². The Kier molecular flexibility index (Phi) is 4.90. The first-order chi connectivity index (χ1) is 12.2. The van der Waals surface area contributed by atoms with E-state index in [1.165, 1.54) is 12.8 Å². The number of ether oxygens (including phenoxy) is 2. The Morgan fingerprint density at radius 2 is 2.32 bits per heavy atom. The van der Waals surface area contributed by atoms with Gasteiger partial charge >= 0.3 is 0 Å². The zero-order valence-electron chi connectivity index (χ0n) is 14.8. The van der Waals surface area contributed by atoms with Crippen molar-refractivity contribution in [2.45, 2.75) is 44.4 Å². The number of piperidine rings is 1. The molecule has 0 spiro atoms. The number of carbonyl (C=O) groups is 1. The Bertz CT molecular complexity index is 620. The highest BCUT2D eigenvalue weighted by atomic mass is 16.5. The molecule has 6 heteroatoms. The highest BCUT2D eigenvalue weighted by molar-refractivity contribution is 5.79. The van der Waals surface area contributed by atoms with E-state index < -0.39 is 0 Å². The summed E-state index contributed by atoms with van der Waals surface area (Å²) in [6.07, 6.45) is 6.28. The number of carbonyl (C=O) groups excluding carboxylic acids is 1. The van der Waals surface area contributed by atoms with Gasteiger partial charge in [-0.3, -0.25) is 9.69 Å². The molecule has 1 saturated carbocycles. The molecule has 6 nitrogen and oxygen atoms in total. The maximum absolute atomic E-state index is 12.6. The Balaban J connectivity index is 1.45. The molecule has 3 fully saturated rings. The van der Waals surface area contributed by atoms with Crippen molar-refractivity contribution in [2.75, 3.05) is 26.8 Å². The fourth-order valence-corrected chi connectivity index (χ4v) is 4.08. The molecule has 25 heavy (non-hydrogen) atoms. The molecule has 3 atom stereocenters. The zero-order chi connectivity index (χ0) is 17.2. The van der Waals surface area contributed by atoms with Crippen molar-refractivity contribution in [1.82, 2.24) is 15.2 Å². The number of hydrogen-bond acceptors (Lipinski definition) is 5. The van der Waals surface area contributed by atoms with E-state index in [0.29, 0.717) is 17.8 Å². The van der Waals surface area contributed by atoms with Crippen molar-refractivity contribution < 1.29 is 14.3 Å². The Labute approximate surface area is 148 Å². The SMILES string of the molecule is COc1ncccc1CN1C[C@@H](C(=O)NCC2CC2)C[C@H]2OCC[C@H]21. The first-order valence-corrected chi connectivity index (χ1v) is 9.36. The summed E-state index contributed by atoms with van der Waals surface area (Å²) in [5.41, 5.74) is 1.06. The van der Waals surface area contributed by atoms with Crippen LogP contribution in [0.1, 0.15) is 31.2 Å². The first kappa shape index (κ1) is 16.8. The summed E-state index contributed by atoms with van der Waals surface area (Å²) in [6.45, 7) is 3.14. The average Bonchev–Trinajstić information content (AvgIpc) is 3.34. The van der Waals surface area contributed by atoms with Gasteiger partial charge in [-0.25, -0.2) is 4.98 Å². The van der Waals surface area contributed by atoms with Crippen LogP contribution < -0.4 is 10.1 Å². The zero-order valence-corrected chi connectivity index (χ0v) is 14.8. The Morgan fingerprint density at radius 1 is 1.44 bits per heavy atom. The molecular formula is C19H27N3O3. The molecule has 2 aliphatic heterocycles. The van der Waals surface area contributed by atoms with E-state index in [1.54, 1.807) is 13.3 Å². The number of amides is 1. The monoisotopic (exact) mass is 345 g/mol. The van der Waals surface area contributed by atoms with Crippen molar-refractivity contribution in [1.29, 1.82) is 0 Å². The molecule has 3 aliphatic rings. The normalized spacial score (nSPS) is 29.2. The summed E-state index contributed by atoms with van der Waals surface area (Å²) in [5, 5.41) is 3.14. The van der Waals surface area contributed by atoms with Crippen molar-refractivity contribution in [3.63, 3.8) is 0 Å². The highest BCUT2D eigenvalue weighted by Crippen LogP contribution is 2.34. The van der Waals surface area contributed by atoms with Crippen LogP contribution >= 0.6 is 0 Å². The Hall–Kier alpha value is -1.66. The maximum Gasteiger partial charge on any atom is 0.224 e. The molecule has 0 radical (unpaired) electrons. The van der Waals surface area contributed by atoms with Crippen LogP contribution in [0.3, 0.4) is 0 Å². The smallest absolute Gasteiger partial charge is 0.224 e. The number of methoxy groups -OCH3 is 1. The highest BCUT2D eigenvalue weighted by Gasteiger charge is 2.42. The van der Waals surface area contributed by atoms with Crippen LogP contribution in [0.25, 0.3) is 0 Å². The van der Waals surface area contributed by atoms with Crippen LogP contribution in [0.4, 0.5) is 0 Å². The number of pyridine rings is 1. The van der Waals surface area contributed by atoms with Crippen molar-refractivity contribution in [3.05, 3.63) is 23.9 Å². The van der Waals surface area contributed by atoms with Gasteiger partial charge < -0.3 is 14.8 Å². The average molecular weight is 345 g/mol. The van der Waals surface area contributed by atoms with Crippen LogP contribution in [0.5, 0.6) is 5.88 Å². The summed E-state index contributed by atoms with van der Waals surface area (Å²) < 4.78 is 11.3. The lowest BCUT2D eigenvalue weighted by Gasteiger charge is -2.40. The van der Waals surface area contributed by atoms with Gasteiger partial charge in [-0.1, -0.05) is 6.07 Å². The van der Waals surface area contributed by atoms with Gasteiger partial charge in [0.25, 0.3) is 0 Å². The summed E-state index contributed by atoms with van der Waals surface area (Å²) in [7, 11) is 1.65. The number of nitrogens with zero attached hydrogens (tertiary/aromatic N) is 2. The van der Waals surface area contributed by atoms with E-state index in [0.717, 1.165) is 44.6 Å². The van der Waals surface area contributed by atoms with Crippen LogP contribution in [0.2, 0.25) is 0 Å². The summed E-state index contributed by atoms with van der Waals surface area (Å²) in [5.74, 6) is 1.56. The Morgan fingerprint density at radius 3 is 3.12 bits per heavy atom. The van der Waals surface area contributed by atoms with E-state index in [9.17, 15) is 4.79 Å². The molecule has 1 aromatic rings. The number of likely N-dealkylation sites (tertiary alicyclic amines) is 1. The second kappa shape index (κ2) is 7.30. The molecule has 1 aliphatic carbocycles. The van der Waals surface area contributed by atoms with Gasteiger partial charge in [0.2, 0.25) is 11.8 Å². The minimum Gasteiger partial charge on any atom is -0.481 e. The number of hydrogen-bond donors (Lipinski definition) is 1. The van der Waals surface area contributed by atoms with E-state index >= 15 is 0 Å². The standard InChI is InChI=1S/C19H27N3O3/c1-24-19-14(3-2-7-20-19)11-22-12-15(9-17-16(22)6-8-25-17)18(23)21-10-13-4-5-13/h2-3,7,13,15-17H,4-6,8-12H2,1H3,(H,21,23)/t15-,16+,17+/m0/s1. The maximum atomic E-state index is 12.6. The molecule has 4 rings (SSSR count). The van der Waals surface area contributed by atoms with Gasteiger partial charge in [0, 0.05) is 44.0 Å². The van der Waals surface area contributed by atoms with Gasteiger partial charge in [-0.05, 0) is 37.7 Å². The van der Waals surface area contributed by atoms with Crippen LogP contribution in [-0.2, 0) is 16.1 Å². The molecule has 1 N–H and O–H groups in total. The number of aromatic nitrogens is 1. The molecule has 0 unspecified atom stereocenters. The minimum absolute atomic E-state index is 0.000710. The predicted octanol–water partition coefficient (Wildman–Crippen LogP) is 1.60. The third-order valence-electron chi connectivity index (χ3n) is 5.66. The second-order valence-electron chi connectivity index (χ2n) is 7.49. The van der Waals surface area contributed by atoms with Crippen LogP contribution in [0, 0.1) is 11.8 Å². The molecule has 0 bridgehead atoms. The van der Waals surface area contributed by atoms with Gasteiger partial charge in [-0.2, -0.15) is 0 Å². The molecule has 1 amide bonds. The molecule has 1 aromatic heterocycles. The quantitative estimate of drug-likeness (QED) is 0.848. The van der Waals surface area contributed by atoms with Crippen LogP contribution in [0.15, 0.2) is 18.3 Å². The lowest BCUT2D eigenvalue weighted by molar-refractivity contribution is -0.129. The van der Waals surface area contributed by atoms with E-state index in [4.69, 9.17) is 9.47 Å². The van der Waals surface area contributed by atoms with E-state index in [2.05, 4.69) is 15.2 Å². The molecular weight excluding hydrogens is 318 g/mol. The number of fused-ring (bicyclic) bond motifs is 1. The fourth-order valence-electron chi connectivity index (χ4n) is 4.08. The lowest BCUT2D eigenvalue weighted by Crippen LogP contribution is -2.52. The third-order valence-corrected chi connectivity index (χ3v) is 5.66. The molecule has 136 valence electrons. The minimum atomic E-state index is 0.000710. The predicted molar refractivity (Wildman–Crippen MR) is 93.2 cm³/mol. The summed E-state index contributed by atoms with van der Waals surface area (Å²) in [4.78, 5) is 19.3. The number of nitrogens with one attached hydrogen (secondary N) is 1. The molecule has 2 saturated heterocycles.